The number of unbranched alkanes of at least 4 members (excludes halogenated alkanes) is 1. The molecule has 3 heterocycles. The Bertz CT molecular complexity index is 1790. The van der Waals surface area contributed by atoms with Gasteiger partial charge in [-0.25, -0.2) is 13.4 Å². The molecule has 0 radical (unpaired) electrons. The van der Waals surface area contributed by atoms with Crippen molar-refractivity contribution in [3.05, 3.63) is 78.1 Å². The zero-order chi connectivity index (χ0) is 33.8. The first-order chi connectivity index (χ1) is 22.3. The minimum Gasteiger partial charge on any atom is -0.484 e. The van der Waals surface area contributed by atoms with Gasteiger partial charge in [-0.2, -0.15) is 13.2 Å². The number of fused-ring (bicyclic) bond motifs is 1. The van der Waals surface area contributed by atoms with Crippen LogP contribution in [0, 0.1) is 0 Å². The number of carbonyl (C=O) groups excluding carboxylic acids is 1. The Morgan fingerprint density at radius 1 is 0.979 bits per heavy atom. The van der Waals surface area contributed by atoms with Gasteiger partial charge in [-0.15, -0.1) is 12.4 Å². The Morgan fingerprint density at radius 2 is 1.67 bits per heavy atom. The summed E-state index contributed by atoms with van der Waals surface area (Å²) in [4.78, 5) is 21.8. The summed E-state index contributed by atoms with van der Waals surface area (Å²) < 4.78 is 76.0. The van der Waals surface area contributed by atoms with Crippen molar-refractivity contribution in [3.8, 4) is 17.4 Å². The molecule has 4 aromatic rings. The lowest BCUT2D eigenvalue weighted by atomic mass is 10.2. The first-order valence-electron chi connectivity index (χ1n) is 15.3. The van der Waals surface area contributed by atoms with Gasteiger partial charge in [0.1, 0.15) is 17.2 Å². The second-order valence-corrected chi connectivity index (χ2v) is 13.6. The lowest BCUT2D eigenvalue weighted by Crippen LogP contribution is -2.48. The van der Waals surface area contributed by atoms with Crippen LogP contribution in [0.15, 0.2) is 66.9 Å². The Labute approximate surface area is 284 Å². The summed E-state index contributed by atoms with van der Waals surface area (Å²) in [6.07, 6.45) is -1.55. The lowest BCUT2D eigenvalue weighted by Gasteiger charge is -2.34. The highest BCUT2D eigenvalue weighted by atomic mass is 35.5. The molecule has 10 nitrogen and oxygen atoms in total. The van der Waals surface area contributed by atoms with Crippen molar-refractivity contribution in [3.63, 3.8) is 0 Å². The average molecular weight is 710 g/mol. The summed E-state index contributed by atoms with van der Waals surface area (Å²) in [7, 11) is -0.0827. The third kappa shape index (κ3) is 9.11. The van der Waals surface area contributed by atoms with Crippen LogP contribution in [-0.2, 0) is 23.6 Å². The van der Waals surface area contributed by atoms with E-state index < -0.39 is 22.8 Å². The number of alkyl halides is 3. The molecular formula is C33H39ClF3N5O5S. The van der Waals surface area contributed by atoms with Gasteiger partial charge in [-0.3, -0.25) is 14.0 Å². The van der Waals surface area contributed by atoms with Gasteiger partial charge in [0, 0.05) is 64.3 Å². The second kappa shape index (κ2) is 15.5. The van der Waals surface area contributed by atoms with Crippen molar-refractivity contribution in [1.82, 2.24) is 19.4 Å². The number of aromatic nitrogens is 2. The normalized spacial score (nSPS) is 14.1. The van der Waals surface area contributed by atoms with Crippen LogP contribution in [0.2, 0.25) is 0 Å². The fraction of sp³-hybridized carbons (Fsp3) is 0.394. The molecule has 1 fully saturated rings. The van der Waals surface area contributed by atoms with Gasteiger partial charge >= 0.3 is 6.18 Å². The maximum absolute atomic E-state index is 13.5. The van der Waals surface area contributed by atoms with Crippen LogP contribution < -0.4 is 13.8 Å². The van der Waals surface area contributed by atoms with Crippen LogP contribution in [0.4, 0.5) is 18.9 Å². The van der Waals surface area contributed by atoms with Crippen LogP contribution in [0.25, 0.3) is 10.9 Å². The zero-order valence-electron chi connectivity index (χ0n) is 26.9. The van der Waals surface area contributed by atoms with Gasteiger partial charge in [0.15, 0.2) is 6.61 Å². The molecule has 48 heavy (non-hydrogen) atoms. The number of pyridine rings is 1. The Kier molecular flexibility index (Phi) is 11.9. The zero-order valence-corrected chi connectivity index (χ0v) is 28.6. The Morgan fingerprint density at radius 3 is 2.29 bits per heavy atom. The van der Waals surface area contributed by atoms with Crippen molar-refractivity contribution in [2.45, 2.75) is 32.5 Å². The van der Waals surface area contributed by atoms with E-state index in [-0.39, 0.29) is 29.8 Å². The Hall–Kier alpha value is -4.01. The number of carbonyl (C=O) groups is 1. The van der Waals surface area contributed by atoms with Crippen molar-refractivity contribution >= 4 is 44.9 Å². The molecule has 1 saturated heterocycles. The molecule has 0 bridgehead atoms. The van der Waals surface area contributed by atoms with E-state index in [1.165, 1.54) is 29.7 Å². The number of aryl methyl sites for hydroxylation is 1. The van der Waals surface area contributed by atoms with Gasteiger partial charge in [0.2, 0.25) is 15.9 Å². The third-order valence-corrected chi connectivity index (χ3v) is 9.96. The summed E-state index contributed by atoms with van der Waals surface area (Å²) in [5.74, 6) is 0.994. The minimum absolute atomic E-state index is 0. The lowest BCUT2D eigenvalue weighted by molar-refractivity contribution is -0.153. The summed E-state index contributed by atoms with van der Waals surface area (Å²) in [6, 6.07) is 17.2. The maximum Gasteiger partial charge on any atom is 0.422 e. The molecule has 1 aliphatic rings. The first-order valence-corrected chi connectivity index (χ1v) is 16.9. The number of halogens is 4. The minimum atomic E-state index is -4.38. The number of sulfonamides is 1. The van der Waals surface area contributed by atoms with Crippen LogP contribution in [0.3, 0.4) is 0 Å². The predicted octanol–water partition coefficient (Wildman–Crippen LogP) is 6.25. The second-order valence-electron chi connectivity index (χ2n) is 11.5. The number of nitrogens with zero attached hydrogens (tertiary/aromatic N) is 5. The number of piperazine rings is 1. The predicted molar refractivity (Wildman–Crippen MR) is 181 cm³/mol. The van der Waals surface area contributed by atoms with Gasteiger partial charge in [-0.05, 0) is 48.4 Å². The molecule has 0 unspecified atom stereocenters. The van der Waals surface area contributed by atoms with Crippen LogP contribution in [0.5, 0.6) is 17.4 Å². The topological polar surface area (TPSA) is 97.2 Å². The number of amides is 1. The van der Waals surface area contributed by atoms with Crippen molar-refractivity contribution in [1.29, 1.82) is 0 Å². The molecule has 260 valence electrons. The highest BCUT2D eigenvalue weighted by Crippen LogP contribution is 2.29. The molecule has 0 saturated carbocycles. The van der Waals surface area contributed by atoms with E-state index in [0.717, 1.165) is 22.9 Å². The van der Waals surface area contributed by atoms with E-state index in [1.54, 1.807) is 30.3 Å². The fourth-order valence-electron chi connectivity index (χ4n) is 5.33. The van der Waals surface area contributed by atoms with Crippen LogP contribution in [-0.4, -0.2) is 85.4 Å². The van der Waals surface area contributed by atoms with Gasteiger partial charge in [0.05, 0.1) is 23.2 Å². The van der Waals surface area contributed by atoms with Gasteiger partial charge < -0.3 is 18.9 Å². The number of rotatable bonds is 12. The van der Waals surface area contributed by atoms with E-state index in [9.17, 15) is 26.4 Å². The highest BCUT2D eigenvalue weighted by molar-refractivity contribution is 7.92. The molecule has 0 spiro atoms. The number of hydrogen-bond donors (Lipinski definition) is 0. The highest BCUT2D eigenvalue weighted by Gasteiger charge is 2.28. The molecular weight excluding hydrogens is 671 g/mol. The van der Waals surface area contributed by atoms with Crippen molar-refractivity contribution in [2.24, 2.45) is 7.05 Å². The molecule has 5 rings (SSSR count). The molecule has 0 aliphatic carbocycles. The first kappa shape index (κ1) is 36.8. The Balaban J connectivity index is 0.00000520. The summed E-state index contributed by atoms with van der Waals surface area (Å²) in [5, 5.41) is 0.881. The molecule has 15 heteroatoms. The molecule has 2 aromatic carbocycles. The van der Waals surface area contributed by atoms with E-state index >= 15 is 0 Å². The molecule has 2 aromatic heterocycles. The largest absolute Gasteiger partial charge is 0.484 e. The van der Waals surface area contributed by atoms with E-state index in [1.807, 2.05) is 41.6 Å². The van der Waals surface area contributed by atoms with Gasteiger partial charge in [0.25, 0.3) is 5.91 Å². The maximum atomic E-state index is 13.5. The average Bonchev–Trinajstić information content (AvgIpc) is 3.38. The number of ether oxygens (including phenoxy) is 2. The summed E-state index contributed by atoms with van der Waals surface area (Å²) in [5.41, 5.74) is 2.76. The van der Waals surface area contributed by atoms with Crippen LogP contribution >= 0.6 is 12.4 Å². The number of anilines is 1. The number of hydrogen-bond acceptors (Lipinski definition) is 7. The van der Waals surface area contributed by atoms with E-state index in [0.29, 0.717) is 62.2 Å². The summed E-state index contributed by atoms with van der Waals surface area (Å²) >= 11 is 0. The molecule has 1 aliphatic heterocycles. The molecule has 1 amide bonds. The quantitative estimate of drug-likeness (QED) is 0.172. The van der Waals surface area contributed by atoms with E-state index in [2.05, 4.69) is 9.88 Å². The van der Waals surface area contributed by atoms with E-state index in [4.69, 9.17) is 9.47 Å². The smallest absolute Gasteiger partial charge is 0.422 e. The van der Waals surface area contributed by atoms with Gasteiger partial charge in [-0.1, -0.05) is 25.5 Å². The van der Waals surface area contributed by atoms with Crippen molar-refractivity contribution in [2.75, 3.05) is 49.9 Å². The monoisotopic (exact) mass is 709 g/mol. The third-order valence-electron chi connectivity index (χ3n) is 8.11. The molecule has 0 atom stereocenters. The molecule has 0 N–H and O–H groups in total. The SMILES string of the molecule is CCCCS(=O)(=O)N(C)c1ccc(Oc2ccc3cc(C(=O)N4CCN(Cc5ccc(OCC(F)(F)F)cc5)CC4)n(C)c3c2)nc1.Cl. The fourth-order valence-corrected chi connectivity index (χ4v) is 6.68. The van der Waals surface area contributed by atoms with Crippen LogP contribution in [0.1, 0.15) is 35.8 Å². The summed E-state index contributed by atoms with van der Waals surface area (Å²) in [6.45, 7) is 3.63. The number of benzene rings is 2. The van der Waals surface area contributed by atoms with Crippen molar-refractivity contribution < 1.29 is 35.9 Å². The standard InChI is InChI=1S/C33H38F3N5O5S.ClH/c1-4-5-18-47(43,44)39(3)26-9-13-31(37-21-26)46-28-12-8-25-19-30(38(2)29(25)20-28)32(42)41-16-14-40(15-17-41)22-24-6-10-27(11-7-24)45-23-33(34,35)36;/h6-13,19-21H,4-5,14-18,22-23H2,1-3H3;1H.